The molecule has 2 N–H and O–H groups in total. The summed E-state index contributed by atoms with van der Waals surface area (Å²) in [5.74, 6) is 1.01. The predicted molar refractivity (Wildman–Crippen MR) is 194 cm³/mol. The molecule has 0 heterocycles. The zero-order valence-electron chi connectivity index (χ0n) is 26.3. The van der Waals surface area contributed by atoms with E-state index in [0.717, 1.165) is 28.0 Å². The number of ether oxygens (including phenoxy) is 3. The van der Waals surface area contributed by atoms with Gasteiger partial charge in [-0.15, -0.1) is 0 Å². The fraction of sp³-hybridized carbons (Fsp3) is 0.250. The summed E-state index contributed by atoms with van der Waals surface area (Å²) in [4.78, 5) is 30.9. The van der Waals surface area contributed by atoms with Crippen LogP contribution in [-0.4, -0.2) is 44.5 Å². The van der Waals surface area contributed by atoms with Gasteiger partial charge in [0.15, 0.2) is 0 Å². The van der Waals surface area contributed by atoms with Crippen molar-refractivity contribution in [3.05, 3.63) is 127 Å². The third kappa shape index (κ3) is 12.5. The molecular weight excluding hydrogens is 766 g/mol. The molecule has 4 aromatic rings. The molecule has 2 amide bonds. The lowest BCUT2D eigenvalue weighted by Gasteiger charge is -2.14. The molecule has 9 nitrogen and oxygen atoms in total. The molecule has 0 aliphatic heterocycles. The maximum absolute atomic E-state index is 13.3. The van der Waals surface area contributed by atoms with E-state index in [1.165, 1.54) is 0 Å². The maximum Gasteiger partial charge on any atom is 0.407 e. The van der Waals surface area contributed by atoms with Crippen LogP contribution in [0.3, 0.4) is 0 Å². The van der Waals surface area contributed by atoms with E-state index in [-0.39, 0.29) is 31.3 Å². The zero-order chi connectivity index (χ0) is 34.1. The van der Waals surface area contributed by atoms with Crippen molar-refractivity contribution in [1.82, 2.24) is 10.6 Å². The number of carbonyl (C=O) groups excluding carboxylic acids is 2. The lowest BCUT2D eigenvalue weighted by molar-refractivity contribution is -0.115. The number of amides is 2. The second-order valence-electron chi connectivity index (χ2n) is 10.5. The number of hydrogen-bond donors (Lipinski definition) is 2. The second kappa shape index (κ2) is 19.7. The Morgan fingerprint density at radius 1 is 0.792 bits per heavy atom. The van der Waals surface area contributed by atoms with Gasteiger partial charge in [-0.1, -0.05) is 71.4 Å². The van der Waals surface area contributed by atoms with Crippen molar-refractivity contribution in [3.8, 4) is 11.5 Å². The van der Waals surface area contributed by atoms with Crippen LogP contribution in [0.15, 0.2) is 105 Å². The Morgan fingerprint density at radius 2 is 1.46 bits per heavy atom. The van der Waals surface area contributed by atoms with E-state index in [4.69, 9.17) is 30.6 Å². The van der Waals surface area contributed by atoms with Crippen LogP contribution < -0.4 is 20.1 Å². The molecule has 0 aromatic heterocycles. The number of alkyl carbamates (subject to hydrolysis) is 1. The Hall–Kier alpha value is -4.06. The van der Waals surface area contributed by atoms with Gasteiger partial charge in [0.25, 0.3) is 5.91 Å². The lowest BCUT2D eigenvalue weighted by Crippen LogP contribution is -2.34. The van der Waals surface area contributed by atoms with E-state index in [0.29, 0.717) is 52.3 Å². The van der Waals surface area contributed by atoms with Crippen molar-refractivity contribution in [1.29, 1.82) is 0 Å². The highest BCUT2D eigenvalue weighted by Gasteiger charge is 2.17. The summed E-state index contributed by atoms with van der Waals surface area (Å²) < 4.78 is 17.8. The third-order valence-electron chi connectivity index (χ3n) is 6.92. The molecule has 0 saturated carbocycles. The van der Waals surface area contributed by atoms with E-state index >= 15 is 0 Å². The molecule has 4 aromatic carbocycles. The van der Waals surface area contributed by atoms with E-state index in [2.05, 4.69) is 47.6 Å². The van der Waals surface area contributed by atoms with Gasteiger partial charge in [-0.2, -0.15) is 0 Å². The van der Waals surface area contributed by atoms with E-state index < -0.39 is 6.09 Å². The number of halogens is 3. The number of hydrogen-bond acceptors (Lipinski definition) is 7. The van der Waals surface area contributed by atoms with E-state index in [9.17, 15) is 9.59 Å². The molecule has 0 aliphatic rings. The molecule has 0 bridgehead atoms. The van der Waals surface area contributed by atoms with Gasteiger partial charge in [-0.05, 0) is 103 Å². The van der Waals surface area contributed by atoms with Crippen LogP contribution in [-0.2, 0) is 40.4 Å². The molecule has 12 heteroatoms. The monoisotopic (exact) mass is 799 g/mol. The maximum atomic E-state index is 13.3. The SMILES string of the molecule is COc1ccc(CO/N=C(\Cc2cc(Br)c(OCCCNC(=O)OCc3ccccc3)c(Br)c2)C(=O)NCCc2ccc(Cl)cc2)cc1. The summed E-state index contributed by atoms with van der Waals surface area (Å²) in [7, 11) is 1.61. The molecule has 0 atom stereocenters. The zero-order valence-corrected chi connectivity index (χ0v) is 30.3. The molecule has 0 unspecified atom stereocenters. The Kier molecular flexibility index (Phi) is 15.1. The highest BCUT2D eigenvalue weighted by atomic mass is 79.9. The smallest absolute Gasteiger partial charge is 0.407 e. The van der Waals surface area contributed by atoms with Gasteiger partial charge in [-0.3, -0.25) is 4.79 Å². The van der Waals surface area contributed by atoms with E-state index in [1.807, 2.05) is 91.0 Å². The summed E-state index contributed by atoms with van der Waals surface area (Å²) in [6.07, 6.45) is 0.933. The van der Waals surface area contributed by atoms with Crippen LogP contribution in [0.4, 0.5) is 4.79 Å². The third-order valence-corrected chi connectivity index (χ3v) is 8.35. The molecule has 0 saturated heterocycles. The molecule has 48 heavy (non-hydrogen) atoms. The average Bonchev–Trinajstić information content (AvgIpc) is 3.09. The Balaban J connectivity index is 1.31. The fourth-order valence-corrected chi connectivity index (χ4v) is 6.03. The van der Waals surface area contributed by atoms with Gasteiger partial charge < -0.3 is 29.7 Å². The quantitative estimate of drug-likeness (QED) is 0.0637. The van der Waals surface area contributed by atoms with Crippen LogP contribution in [0.5, 0.6) is 11.5 Å². The summed E-state index contributed by atoms with van der Waals surface area (Å²) in [6, 6.07) is 28.2. The summed E-state index contributed by atoms with van der Waals surface area (Å²) in [5.41, 5.74) is 3.88. The first kappa shape index (κ1) is 36.8. The minimum absolute atomic E-state index is 0.186. The Morgan fingerprint density at radius 3 is 2.15 bits per heavy atom. The molecule has 252 valence electrons. The number of nitrogens with one attached hydrogen (secondary N) is 2. The molecular formula is C36H36Br2ClN3O6. The van der Waals surface area contributed by atoms with Crippen molar-refractivity contribution < 1.29 is 28.6 Å². The van der Waals surface area contributed by atoms with Crippen LogP contribution in [0.1, 0.15) is 28.7 Å². The largest absolute Gasteiger partial charge is 0.497 e. The van der Waals surface area contributed by atoms with Crippen LogP contribution >= 0.6 is 43.5 Å². The van der Waals surface area contributed by atoms with Gasteiger partial charge in [0, 0.05) is 24.5 Å². The van der Waals surface area contributed by atoms with Crippen LogP contribution in [0.25, 0.3) is 0 Å². The van der Waals surface area contributed by atoms with E-state index in [1.54, 1.807) is 7.11 Å². The lowest BCUT2D eigenvalue weighted by atomic mass is 10.1. The van der Waals surface area contributed by atoms with Gasteiger partial charge in [-0.25, -0.2) is 4.79 Å². The number of methoxy groups -OCH3 is 1. The number of benzene rings is 4. The molecule has 0 spiro atoms. The number of carbonyl (C=O) groups is 2. The first-order chi connectivity index (χ1) is 23.3. The van der Waals surface area contributed by atoms with Gasteiger partial charge in [0.1, 0.15) is 30.4 Å². The number of rotatable bonds is 17. The molecule has 0 aliphatic carbocycles. The average molecular weight is 802 g/mol. The Bertz CT molecular complexity index is 1630. The standard InChI is InChI=1S/C36H36Br2ClN3O6/c1-45-30-14-10-27(11-15-30)24-48-42-33(35(43)40-18-16-25-8-12-29(39)13-9-25)22-28-20-31(37)34(32(38)21-28)46-19-5-17-41-36(44)47-23-26-6-3-2-4-7-26/h2-4,6-15,20-21H,5,16-19,22-24H2,1H3,(H,40,43)(H,41,44)/b42-33+. The van der Waals surface area contributed by atoms with Gasteiger partial charge >= 0.3 is 6.09 Å². The number of nitrogens with zero attached hydrogens (tertiary/aromatic N) is 1. The normalized spacial score (nSPS) is 11.0. The summed E-state index contributed by atoms with van der Waals surface area (Å²) in [6.45, 7) is 1.56. The van der Waals surface area contributed by atoms with Crippen molar-refractivity contribution >= 4 is 61.2 Å². The second-order valence-corrected chi connectivity index (χ2v) is 12.7. The molecule has 0 fully saturated rings. The summed E-state index contributed by atoms with van der Waals surface area (Å²) in [5, 5.41) is 10.6. The predicted octanol–water partition coefficient (Wildman–Crippen LogP) is 8.04. The van der Waals surface area contributed by atoms with Gasteiger partial charge in [0.05, 0.1) is 22.7 Å². The fourth-order valence-electron chi connectivity index (χ4n) is 4.39. The first-order valence-corrected chi connectivity index (χ1v) is 17.2. The van der Waals surface area contributed by atoms with Crippen LogP contribution in [0, 0.1) is 0 Å². The minimum Gasteiger partial charge on any atom is -0.497 e. The van der Waals surface area contributed by atoms with Crippen molar-refractivity contribution in [3.63, 3.8) is 0 Å². The van der Waals surface area contributed by atoms with Crippen molar-refractivity contribution in [2.45, 2.75) is 32.5 Å². The highest BCUT2D eigenvalue weighted by molar-refractivity contribution is 9.11. The number of oxime groups is 1. The molecule has 0 radical (unpaired) electrons. The Labute approximate surface area is 302 Å². The minimum atomic E-state index is -0.481. The molecule has 4 rings (SSSR count). The first-order valence-electron chi connectivity index (χ1n) is 15.2. The highest BCUT2D eigenvalue weighted by Crippen LogP contribution is 2.35. The van der Waals surface area contributed by atoms with Gasteiger partial charge in [0.2, 0.25) is 0 Å². The summed E-state index contributed by atoms with van der Waals surface area (Å²) >= 11 is 13.2. The topological polar surface area (TPSA) is 107 Å². The van der Waals surface area contributed by atoms with Crippen LogP contribution in [0.2, 0.25) is 5.02 Å². The van der Waals surface area contributed by atoms with Crippen molar-refractivity contribution in [2.24, 2.45) is 5.16 Å². The van der Waals surface area contributed by atoms with Crippen molar-refractivity contribution in [2.75, 3.05) is 26.8 Å².